The van der Waals surface area contributed by atoms with Crippen LogP contribution in [0.4, 0.5) is 10.2 Å². The summed E-state index contributed by atoms with van der Waals surface area (Å²) in [4.78, 5) is 18.6. The van der Waals surface area contributed by atoms with Crippen LogP contribution in [0.5, 0.6) is 0 Å². The number of piperidine rings is 1. The van der Waals surface area contributed by atoms with Gasteiger partial charge in [0.1, 0.15) is 18.5 Å². The Morgan fingerprint density at radius 3 is 2.66 bits per heavy atom. The van der Waals surface area contributed by atoms with Gasteiger partial charge in [-0.25, -0.2) is 14.1 Å². The second-order valence-electron chi connectivity index (χ2n) is 7.04. The minimum absolute atomic E-state index is 0.0454. The van der Waals surface area contributed by atoms with Crippen molar-refractivity contribution in [3.05, 3.63) is 60.4 Å². The van der Waals surface area contributed by atoms with Crippen molar-refractivity contribution in [2.45, 2.75) is 19.3 Å². The summed E-state index contributed by atoms with van der Waals surface area (Å²) in [5.41, 5.74) is 1.000. The first-order chi connectivity index (χ1) is 14.2. The number of benzene rings is 1. The van der Waals surface area contributed by atoms with Crippen molar-refractivity contribution >= 4 is 11.7 Å². The van der Waals surface area contributed by atoms with Gasteiger partial charge in [0.05, 0.1) is 5.92 Å². The minimum atomic E-state index is -0.252. The lowest BCUT2D eigenvalue weighted by atomic mass is 9.97. The first-order valence-corrected chi connectivity index (χ1v) is 9.65. The SMILES string of the molecule is O=C(NCCc1ccc(F)cc1)[C@@H]1CCCN(c2ccc(-n3cncn3)nn2)C1. The van der Waals surface area contributed by atoms with Gasteiger partial charge in [0, 0.05) is 19.6 Å². The number of hydrogen-bond donors (Lipinski definition) is 1. The van der Waals surface area contributed by atoms with E-state index in [4.69, 9.17) is 0 Å². The van der Waals surface area contributed by atoms with Crippen LogP contribution < -0.4 is 10.2 Å². The lowest BCUT2D eigenvalue weighted by molar-refractivity contribution is -0.125. The molecule has 1 aliphatic rings. The van der Waals surface area contributed by atoms with E-state index in [2.05, 4.69) is 30.5 Å². The summed E-state index contributed by atoms with van der Waals surface area (Å²) < 4.78 is 14.5. The van der Waals surface area contributed by atoms with E-state index < -0.39 is 0 Å². The zero-order valence-electron chi connectivity index (χ0n) is 15.9. The Hall–Kier alpha value is -3.36. The average molecular weight is 395 g/mol. The van der Waals surface area contributed by atoms with E-state index >= 15 is 0 Å². The monoisotopic (exact) mass is 395 g/mol. The number of hydrogen-bond acceptors (Lipinski definition) is 6. The van der Waals surface area contributed by atoms with E-state index in [1.807, 2.05) is 12.1 Å². The number of carbonyl (C=O) groups excluding carboxylic acids is 1. The average Bonchev–Trinajstić information content (AvgIpc) is 3.30. The molecule has 0 saturated carbocycles. The van der Waals surface area contributed by atoms with Gasteiger partial charge in [-0.3, -0.25) is 4.79 Å². The molecule has 0 bridgehead atoms. The molecule has 29 heavy (non-hydrogen) atoms. The molecular weight excluding hydrogens is 373 g/mol. The summed E-state index contributed by atoms with van der Waals surface area (Å²) in [6.07, 6.45) is 5.46. The molecule has 0 spiro atoms. The Bertz CT molecular complexity index is 928. The lowest BCUT2D eigenvalue weighted by Crippen LogP contribution is -2.43. The van der Waals surface area contributed by atoms with Gasteiger partial charge < -0.3 is 10.2 Å². The Labute approximate surface area is 167 Å². The molecule has 1 fully saturated rings. The molecule has 1 aromatic carbocycles. The highest BCUT2D eigenvalue weighted by Crippen LogP contribution is 2.21. The number of halogens is 1. The molecule has 1 aliphatic heterocycles. The molecule has 3 aromatic rings. The van der Waals surface area contributed by atoms with Crippen molar-refractivity contribution in [3.8, 4) is 5.82 Å². The summed E-state index contributed by atoms with van der Waals surface area (Å²) in [5.74, 6) is 1.05. The van der Waals surface area contributed by atoms with Gasteiger partial charge in [0.2, 0.25) is 5.91 Å². The minimum Gasteiger partial charge on any atom is -0.355 e. The third-order valence-electron chi connectivity index (χ3n) is 5.03. The largest absolute Gasteiger partial charge is 0.355 e. The predicted octanol–water partition coefficient (Wildman–Crippen LogP) is 1.77. The summed E-state index contributed by atoms with van der Waals surface area (Å²) in [5, 5.41) is 15.5. The number of amides is 1. The van der Waals surface area contributed by atoms with Gasteiger partial charge in [-0.1, -0.05) is 12.1 Å². The van der Waals surface area contributed by atoms with Crippen LogP contribution in [0.3, 0.4) is 0 Å². The number of anilines is 1. The highest BCUT2D eigenvalue weighted by Gasteiger charge is 2.26. The fraction of sp³-hybridized carbons (Fsp3) is 0.350. The second-order valence-corrected chi connectivity index (χ2v) is 7.04. The van der Waals surface area contributed by atoms with Crippen molar-refractivity contribution in [1.82, 2.24) is 30.3 Å². The maximum Gasteiger partial charge on any atom is 0.224 e. The highest BCUT2D eigenvalue weighted by molar-refractivity contribution is 5.79. The Morgan fingerprint density at radius 1 is 1.14 bits per heavy atom. The Morgan fingerprint density at radius 2 is 1.93 bits per heavy atom. The van der Waals surface area contributed by atoms with Crippen LogP contribution in [0.2, 0.25) is 0 Å². The van der Waals surface area contributed by atoms with Crippen molar-refractivity contribution in [1.29, 1.82) is 0 Å². The third-order valence-corrected chi connectivity index (χ3v) is 5.03. The van der Waals surface area contributed by atoms with Gasteiger partial charge in [-0.2, -0.15) is 5.10 Å². The molecule has 0 radical (unpaired) electrons. The standard InChI is InChI=1S/C20H22FN7O/c21-17-5-3-15(4-6-17)9-10-23-20(29)16-2-1-11-27(12-16)18-7-8-19(26-25-18)28-14-22-13-24-28/h3-8,13-14,16H,1-2,9-12H2,(H,23,29)/t16-/m1/s1. The Kier molecular flexibility index (Phi) is 5.73. The summed E-state index contributed by atoms with van der Waals surface area (Å²) in [6.45, 7) is 1.99. The van der Waals surface area contributed by atoms with E-state index in [1.54, 1.807) is 23.1 Å². The maximum absolute atomic E-state index is 13.0. The molecule has 4 rings (SSSR count). The summed E-state index contributed by atoms with van der Waals surface area (Å²) >= 11 is 0. The number of carbonyl (C=O) groups is 1. The van der Waals surface area contributed by atoms with Gasteiger partial charge in [0.25, 0.3) is 0 Å². The number of aromatic nitrogens is 5. The molecule has 1 saturated heterocycles. The van der Waals surface area contributed by atoms with Gasteiger partial charge in [0.15, 0.2) is 11.6 Å². The molecule has 1 atom stereocenters. The third kappa shape index (κ3) is 4.74. The van der Waals surface area contributed by atoms with Crippen LogP contribution in [0.1, 0.15) is 18.4 Å². The molecule has 150 valence electrons. The molecule has 0 aliphatic carbocycles. The number of rotatable bonds is 6. The fourth-order valence-electron chi connectivity index (χ4n) is 3.46. The van der Waals surface area contributed by atoms with E-state index in [0.29, 0.717) is 25.3 Å². The highest BCUT2D eigenvalue weighted by atomic mass is 19.1. The van der Waals surface area contributed by atoms with Crippen LogP contribution >= 0.6 is 0 Å². The maximum atomic E-state index is 13.0. The first kappa shape index (κ1) is 19.0. The molecule has 1 N–H and O–H groups in total. The van der Waals surface area contributed by atoms with Crippen LogP contribution in [0.15, 0.2) is 49.1 Å². The molecule has 9 heteroatoms. The smallest absolute Gasteiger partial charge is 0.224 e. The van der Waals surface area contributed by atoms with Gasteiger partial charge >= 0.3 is 0 Å². The molecule has 2 aromatic heterocycles. The lowest BCUT2D eigenvalue weighted by Gasteiger charge is -2.32. The first-order valence-electron chi connectivity index (χ1n) is 9.65. The molecule has 1 amide bonds. The van der Waals surface area contributed by atoms with Crippen LogP contribution in [-0.4, -0.2) is 50.5 Å². The Balaban J connectivity index is 1.30. The fourth-order valence-corrected chi connectivity index (χ4v) is 3.46. The van der Waals surface area contributed by atoms with Gasteiger partial charge in [-0.05, 0) is 49.1 Å². The van der Waals surface area contributed by atoms with Crippen LogP contribution in [-0.2, 0) is 11.2 Å². The van der Waals surface area contributed by atoms with Crippen molar-refractivity contribution in [3.63, 3.8) is 0 Å². The summed E-state index contributed by atoms with van der Waals surface area (Å²) in [6, 6.07) is 10.1. The zero-order chi connectivity index (χ0) is 20.1. The van der Waals surface area contributed by atoms with Crippen LogP contribution in [0, 0.1) is 11.7 Å². The van der Waals surface area contributed by atoms with Crippen molar-refractivity contribution < 1.29 is 9.18 Å². The van der Waals surface area contributed by atoms with E-state index in [1.165, 1.54) is 18.5 Å². The molecular formula is C20H22FN7O. The number of nitrogens with zero attached hydrogens (tertiary/aromatic N) is 6. The van der Waals surface area contributed by atoms with Crippen molar-refractivity contribution in [2.24, 2.45) is 5.92 Å². The van der Waals surface area contributed by atoms with E-state index in [0.717, 1.165) is 30.8 Å². The van der Waals surface area contributed by atoms with E-state index in [9.17, 15) is 9.18 Å². The molecule has 3 heterocycles. The van der Waals surface area contributed by atoms with Gasteiger partial charge in [-0.15, -0.1) is 10.2 Å². The normalized spacial score (nSPS) is 16.6. The molecule has 8 nitrogen and oxygen atoms in total. The van der Waals surface area contributed by atoms with Crippen molar-refractivity contribution in [2.75, 3.05) is 24.5 Å². The van der Waals surface area contributed by atoms with Crippen LogP contribution in [0.25, 0.3) is 5.82 Å². The second kappa shape index (κ2) is 8.76. The molecule has 0 unspecified atom stereocenters. The van der Waals surface area contributed by atoms with E-state index in [-0.39, 0.29) is 17.6 Å². The zero-order valence-corrected chi connectivity index (χ0v) is 15.9. The number of nitrogens with one attached hydrogen (secondary N) is 1. The summed E-state index contributed by atoms with van der Waals surface area (Å²) in [7, 11) is 0. The topological polar surface area (TPSA) is 88.8 Å². The predicted molar refractivity (Wildman–Crippen MR) is 105 cm³/mol. The quantitative estimate of drug-likeness (QED) is 0.684.